The zero-order chi connectivity index (χ0) is 11.6. The van der Waals surface area contributed by atoms with E-state index in [0.717, 1.165) is 0 Å². The maximum atomic E-state index is 12.8. The Hall–Kier alpha value is -1.66. The fourth-order valence-electron chi connectivity index (χ4n) is 0.957. The third kappa shape index (κ3) is 2.90. The lowest BCUT2D eigenvalue weighted by Crippen LogP contribution is -2.12. The number of nitrogens with zero attached hydrogens (tertiary/aromatic N) is 1. The van der Waals surface area contributed by atoms with E-state index in [4.69, 9.17) is 5.11 Å². The summed E-state index contributed by atoms with van der Waals surface area (Å²) in [7, 11) is 0. The quantitative estimate of drug-likeness (QED) is 0.778. The number of alkyl halides is 3. The lowest BCUT2D eigenvalue weighted by Gasteiger charge is -2.07. The number of carboxylic acids is 1. The van der Waals surface area contributed by atoms with E-state index >= 15 is 0 Å². The molecule has 7 heteroatoms. The summed E-state index contributed by atoms with van der Waals surface area (Å²) in [6.07, 6.45) is -4.74. The molecule has 0 aliphatic rings. The van der Waals surface area contributed by atoms with Gasteiger partial charge < -0.3 is 5.11 Å². The van der Waals surface area contributed by atoms with Crippen molar-refractivity contribution in [2.45, 2.75) is 12.6 Å². The summed E-state index contributed by atoms with van der Waals surface area (Å²) < 4.78 is 48.9. The first kappa shape index (κ1) is 11.4. The average Bonchev–Trinajstić information content (AvgIpc) is 1.99. The number of rotatable bonds is 2. The van der Waals surface area contributed by atoms with Crippen LogP contribution in [0.3, 0.4) is 0 Å². The Kier molecular flexibility index (Phi) is 2.92. The molecule has 3 nitrogen and oxygen atoms in total. The Labute approximate surface area is 81.4 Å². The van der Waals surface area contributed by atoms with Gasteiger partial charge in [0.2, 0.25) is 0 Å². The number of carboxylic acid groups (broad SMARTS) is 1. The van der Waals surface area contributed by atoms with E-state index in [9.17, 15) is 22.4 Å². The molecule has 0 fully saturated rings. The lowest BCUT2D eigenvalue weighted by molar-refractivity contribution is -0.143. The first-order valence-corrected chi connectivity index (χ1v) is 3.74. The SMILES string of the molecule is O=C(O)Cc1cnc(C(F)(F)F)c(F)c1. The molecule has 82 valence electrons. The summed E-state index contributed by atoms with van der Waals surface area (Å²) >= 11 is 0. The number of carbonyl (C=O) groups is 1. The van der Waals surface area contributed by atoms with Crippen molar-refractivity contribution in [1.82, 2.24) is 4.98 Å². The minimum atomic E-state index is -4.87. The lowest BCUT2D eigenvalue weighted by atomic mass is 10.2. The Bertz CT molecular complexity index is 389. The molecular formula is C8H5F4NO2. The molecule has 0 atom stereocenters. The number of hydrogen-bond acceptors (Lipinski definition) is 2. The molecule has 0 amide bonds. The van der Waals surface area contributed by atoms with Gasteiger partial charge in [-0.25, -0.2) is 9.37 Å². The van der Waals surface area contributed by atoms with Crippen LogP contribution >= 0.6 is 0 Å². The molecule has 1 heterocycles. The molecule has 0 saturated carbocycles. The number of aliphatic carboxylic acids is 1. The molecule has 1 aromatic rings. The normalized spacial score (nSPS) is 11.5. The fourth-order valence-corrected chi connectivity index (χ4v) is 0.957. The molecule has 0 saturated heterocycles. The van der Waals surface area contributed by atoms with E-state index in [-0.39, 0.29) is 5.56 Å². The van der Waals surface area contributed by atoms with Gasteiger partial charge in [0, 0.05) is 6.20 Å². The van der Waals surface area contributed by atoms with Gasteiger partial charge in [-0.2, -0.15) is 13.2 Å². The van der Waals surface area contributed by atoms with E-state index in [1.165, 1.54) is 0 Å². The van der Waals surface area contributed by atoms with Crippen LogP contribution in [-0.2, 0) is 17.4 Å². The Balaban J connectivity index is 3.04. The number of aromatic nitrogens is 1. The van der Waals surface area contributed by atoms with Crippen LogP contribution < -0.4 is 0 Å². The van der Waals surface area contributed by atoms with Gasteiger partial charge in [-0.05, 0) is 11.6 Å². The maximum Gasteiger partial charge on any atom is 0.436 e. The van der Waals surface area contributed by atoms with Crippen molar-refractivity contribution in [3.63, 3.8) is 0 Å². The second-order valence-electron chi connectivity index (χ2n) is 2.74. The average molecular weight is 223 g/mol. The number of hydrogen-bond donors (Lipinski definition) is 1. The van der Waals surface area contributed by atoms with Crippen LogP contribution in [0, 0.1) is 5.82 Å². The zero-order valence-corrected chi connectivity index (χ0v) is 7.18. The van der Waals surface area contributed by atoms with Crippen LogP contribution in [0.4, 0.5) is 17.6 Å². The van der Waals surface area contributed by atoms with Gasteiger partial charge in [0.1, 0.15) is 0 Å². The molecule has 1 N–H and O–H groups in total. The Morgan fingerprint density at radius 2 is 2.07 bits per heavy atom. The van der Waals surface area contributed by atoms with Crippen molar-refractivity contribution in [2.75, 3.05) is 0 Å². The van der Waals surface area contributed by atoms with Crippen molar-refractivity contribution < 1.29 is 27.5 Å². The van der Waals surface area contributed by atoms with Crippen molar-refractivity contribution in [3.05, 3.63) is 29.3 Å². The molecule has 0 bridgehead atoms. The molecule has 1 rings (SSSR count). The van der Waals surface area contributed by atoms with Gasteiger partial charge in [0.05, 0.1) is 6.42 Å². The third-order valence-corrected chi connectivity index (χ3v) is 1.52. The molecule has 0 unspecified atom stereocenters. The van der Waals surface area contributed by atoms with Crippen molar-refractivity contribution in [2.24, 2.45) is 0 Å². The van der Waals surface area contributed by atoms with E-state index in [1.54, 1.807) is 0 Å². The molecule has 0 aliphatic heterocycles. The standard InChI is InChI=1S/C8H5F4NO2/c9-5-1-4(2-6(14)15)3-13-7(5)8(10,11)12/h1,3H,2H2,(H,14,15). The van der Waals surface area contributed by atoms with Gasteiger partial charge in [0.25, 0.3) is 0 Å². The molecule has 0 radical (unpaired) electrons. The number of halogens is 4. The van der Waals surface area contributed by atoms with Crippen molar-refractivity contribution in [3.8, 4) is 0 Å². The van der Waals surface area contributed by atoms with Gasteiger partial charge in [-0.15, -0.1) is 0 Å². The van der Waals surface area contributed by atoms with Gasteiger partial charge in [-0.1, -0.05) is 0 Å². The Morgan fingerprint density at radius 1 is 1.47 bits per heavy atom. The summed E-state index contributed by atoms with van der Waals surface area (Å²) in [6.45, 7) is 0. The second kappa shape index (κ2) is 3.84. The highest BCUT2D eigenvalue weighted by Crippen LogP contribution is 2.29. The van der Waals surface area contributed by atoms with Gasteiger partial charge >= 0.3 is 12.1 Å². The van der Waals surface area contributed by atoms with Crippen LogP contribution in [0.2, 0.25) is 0 Å². The van der Waals surface area contributed by atoms with Gasteiger partial charge in [0.15, 0.2) is 11.5 Å². The van der Waals surface area contributed by atoms with E-state index in [0.29, 0.717) is 12.3 Å². The molecule has 0 aromatic carbocycles. The summed E-state index contributed by atoms with van der Waals surface area (Å²) in [5.74, 6) is -2.84. The minimum absolute atomic E-state index is 0.118. The first-order chi connectivity index (χ1) is 6.80. The minimum Gasteiger partial charge on any atom is -0.481 e. The highest BCUT2D eigenvalue weighted by Gasteiger charge is 2.36. The van der Waals surface area contributed by atoms with E-state index in [2.05, 4.69) is 4.98 Å². The van der Waals surface area contributed by atoms with Gasteiger partial charge in [-0.3, -0.25) is 4.79 Å². The van der Waals surface area contributed by atoms with Crippen LogP contribution in [0.25, 0.3) is 0 Å². The third-order valence-electron chi connectivity index (χ3n) is 1.52. The summed E-state index contributed by atoms with van der Waals surface area (Å²) in [5.41, 5.74) is -1.76. The van der Waals surface area contributed by atoms with Crippen LogP contribution in [0.15, 0.2) is 12.3 Å². The molecule has 0 spiro atoms. The topological polar surface area (TPSA) is 50.2 Å². The van der Waals surface area contributed by atoms with E-state index in [1.807, 2.05) is 0 Å². The fraction of sp³-hybridized carbons (Fsp3) is 0.250. The predicted molar refractivity (Wildman–Crippen MR) is 40.5 cm³/mol. The maximum absolute atomic E-state index is 12.8. The second-order valence-corrected chi connectivity index (χ2v) is 2.74. The summed E-state index contributed by atoms with van der Waals surface area (Å²) in [5, 5.41) is 8.31. The largest absolute Gasteiger partial charge is 0.481 e. The van der Waals surface area contributed by atoms with Crippen LogP contribution in [0.1, 0.15) is 11.3 Å². The molecular weight excluding hydrogens is 218 g/mol. The smallest absolute Gasteiger partial charge is 0.436 e. The van der Waals surface area contributed by atoms with Crippen molar-refractivity contribution in [1.29, 1.82) is 0 Å². The molecule has 0 aliphatic carbocycles. The Morgan fingerprint density at radius 3 is 2.47 bits per heavy atom. The van der Waals surface area contributed by atoms with Crippen LogP contribution in [0.5, 0.6) is 0 Å². The van der Waals surface area contributed by atoms with E-state index < -0.39 is 30.1 Å². The van der Waals surface area contributed by atoms with Crippen molar-refractivity contribution >= 4 is 5.97 Å². The molecule has 1 aromatic heterocycles. The predicted octanol–water partition coefficient (Wildman–Crippen LogP) is 1.87. The first-order valence-electron chi connectivity index (χ1n) is 3.74. The van der Waals surface area contributed by atoms with Crippen LogP contribution in [-0.4, -0.2) is 16.1 Å². The summed E-state index contributed by atoms with van der Waals surface area (Å²) in [6, 6.07) is 0.518. The highest BCUT2D eigenvalue weighted by molar-refractivity contribution is 5.69. The highest BCUT2D eigenvalue weighted by atomic mass is 19.4. The molecule has 15 heavy (non-hydrogen) atoms. The monoisotopic (exact) mass is 223 g/mol. The number of pyridine rings is 1. The zero-order valence-electron chi connectivity index (χ0n) is 7.18. The summed E-state index contributed by atoms with van der Waals surface area (Å²) in [4.78, 5) is 13.0.